The van der Waals surface area contributed by atoms with E-state index in [1.54, 1.807) is 4.90 Å². The van der Waals surface area contributed by atoms with E-state index in [4.69, 9.17) is 0 Å². The van der Waals surface area contributed by atoms with Gasteiger partial charge in [-0.3, -0.25) is 9.89 Å². The van der Waals surface area contributed by atoms with Gasteiger partial charge in [0.05, 0.1) is 25.2 Å². The quantitative estimate of drug-likeness (QED) is 0.468. The Kier molecular flexibility index (Phi) is 4.84. The molecular formula is C24H21N5O2. The van der Waals surface area contributed by atoms with Crippen molar-refractivity contribution < 1.29 is 9.59 Å². The third-order valence-electron chi connectivity index (χ3n) is 5.40. The molecule has 4 aromatic rings. The highest BCUT2D eigenvalue weighted by atomic mass is 16.2. The fourth-order valence-corrected chi connectivity index (χ4v) is 3.82. The lowest BCUT2D eigenvalue weighted by molar-refractivity contribution is -0.115. The summed E-state index contributed by atoms with van der Waals surface area (Å²) in [5.74, 6) is 0.340. The van der Waals surface area contributed by atoms with Gasteiger partial charge in [0, 0.05) is 11.3 Å². The summed E-state index contributed by atoms with van der Waals surface area (Å²) in [5, 5.41) is 15.2. The summed E-state index contributed by atoms with van der Waals surface area (Å²) in [7, 11) is 0. The number of hydrogen-bond donors (Lipinski definition) is 3. The van der Waals surface area contributed by atoms with Crippen molar-refractivity contribution in [3.8, 4) is 0 Å². The molecule has 0 bridgehead atoms. The average Bonchev–Trinajstić information content (AvgIpc) is 3.36. The summed E-state index contributed by atoms with van der Waals surface area (Å²) in [4.78, 5) is 26.8. The van der Waals surface area contributed by atoms with Crippen LogP contribution in [0.1, 0.15) is 16.8 Å². The molecule has 1 aliphatic heterocycles. The molecule has 3 N–H and O–H groups in total. The summed E-state index contributed by atoms with van der Waals surface area (Å²) in [6, 6.07) is 23.2. The van der Waals surface area contributed by atoms with Gasteiger partial charge in [-0.05, 0) is 28.5 Å². The van der Waals surface area contributed by atoms with Crippen molar-refractivity contribution in [2.75, 3.05) is 10.6 Å². The van der Waals surface area contributed by atoms with E-state index < -0.39 is 0 Å². The van der Waals surface area contributed by atoms with Gasteiger partial charge in [-0.15, -0.1) is 0 Å². The van der Waals surface area contributed by atoms with E-state index in [9.17, 15) is 9.59 Å². The third kappa shape index (κ3) is 3.98. The van der Waals surface area contributed by atoms with Gasteiger partial charge in [-0.2, -0.15) is 5.10 Å². The first-order chi connectivity index (χ1) is 15.2. The first-order valence-electron chi connectivity index (χ1n) is 10.1. The number of anilines is 2. The summed E-state index contributed by atoms with van der Waals surface area (Å²) in [5.41, 5.74) is 3.36. The number of urea groups is 1. The highest BCUT2D eigenvalue weighted by molar-refractivity contribution is 5.94. The molecule has 0 fully saturated rings. The Morgan fingerprint density at radius 1 is 0.903 bits per heavy atom. The monoisotopic (exact) mass is 411 g/mol. The van der Waals surface area contributed by atoms with Gasteiger partial charge < -0.3 is 15.5 Å². The van der Waals surface area contributed by atoms with Crippen molar-refractivity contribution in [1.82, 2.24) is 15.1 Å². The minimum Gasteiger partial charge on any atom is -0.314 e. The molecule has 3 amide bonds. The number of nitrogens with zero attached hydrogens (tertiary/aromatic N) is 2. The van der Waals surface area contributed by atoms with Gasteiger partial charge in [0.25, 0.3) is 0 Å². The maximum Gasteiger partial charge on any atom is 0.322 e. The number of fused-ring (bicyclic) bond motifs is 2. The molecule has 3 aromatic carbocycles. The molecule has 31 heavy (non-hydrogen) atoms. The Morgan fingerprint density at radius 3 is 2.52 bits per heavy atom. The van der Waals surface area contributed by atoms with E-state index in [0.29, 0.717) is 18.9 Å². The third-order valence-corrected chi connectivity index (χ3v) is 5.40. The van der Waals surface area contributed by atoms with Crippen LogP contribution in [0, 0.1) is 0 Å². The Labute approximate surface area is 179 Å². The number of para-hydroxylation sites is 1. The van der Waals surface area contributed by atoms with Crippen LogP contribution in [-0.2, 0) is 24.3 Å². The smallest absolute Gasteiger partial charge is 0.314 e. The van der Waals surface area contributed by atoms with Crippen LogP contribution in [0.25, 0.3) is 10.8 Å². The lowest BCUT2D eigenvalue weighted by atomic mass is 10.0. The van der Waals surface area contributed by atoms with Crippen LogP contribution in [0.2, 0.25) is 0 Å². The number of rotatable bonds is 4. The Bertz CT molecular complexity index is 1270. The largest absolute Gasteiger partial charge is 0.322 e. The van der Waals surface area contributed by atoms with Crippen molar-refractivity contribution in [3.05, 3.63) is 89.6 Å². The maximum absolute atomic E-state index is 12.6. The number of amides is 3. The fourth-order valence-electron chi connectivity index (χ4n) is 3.82. The predicted molar refractivity (Wildman–Crippen MR) is 120 cm³/mol. The van der Waals surface area contributed by atoms with Crippen LogP contribution in [-0.4, -0.2) is 27.0 Å². The summed E-state index contributed by atoms with van der Waals surface area (Å²) >= 11 is 0. The molecule has 0 aliphatic carbocycles. The lowest BCUT2D eigenvalue weighted by Gasteiger charge is -2.16. The van der Waals surface area contributed by atoms with Crippen LogP contribution in [0.5, 0.6) is 0 Å². The molecule has 5 rings (SSSR count). The van der Waals surface area contributed by atoms with Gasteiger partial charge in [-0.1, -0.05) is 60.7 Å². The van der Waals surface area contributed by atoms with Crippen LogP contribution >= 0.6 is 0 Å². The molecule has 1 aromatic heterocycles. The molecule has 0 unspecified atom stereocenters. The zero-order valence-corrected chi connectivity index (χ0v) is 16.8. The van der Waals surface area contributed by atoms with Gasteiger partial charge in [0.2, 0.25) is 5.91 Å². The summed E-state index contributed by atoms with van der Waals surface area (Å²) in [6.45, 7) is 0.803. The van der Waals surface area contributed by atoms with Crippen molar-refractivity contribution >= 4 is 34.2 Å². The lowest BCUT2D eigenvalue weighted by Crippen LogP contribution is -2.30. The van der Waals surface area contributed by atoms with Gasteiger partial charge in [0.1, 0.15) is 0 Å². The molecule has 0 saturated heterocycles. The van der Waals surface area contributed by atoms with E-state index in [0.717, 1.165) is 33.3 Å². The van der Waals surface area contributed by atoms with Gasteiger partial charge in [0.15, 0.2) is 5.82 Å². The molecule has 154 valence electrons. The topological polar surface area (TPSA) is 90.1 Å². The molecule has 0 radical (unpaired) electrons. The second kappa shape index (κ2) is 7.95. The number of H-pyrrole nitrogens is 1. The molecule has 1 aliphatic rings. The molecule has 7 nitrogen and oxygen atoms in total. The van der Waals surface area contributed by atoms with Gasteiger partial charge >= 0.3 is 6.03 Å². The first kappa shape index (κ1) is 18.9. The standard InChI is InChI=1S/C24H21N5O2/c30-22(13-16-10-11-17-6-4-5-7-18(17)12-16)26-23-20-14-29(15-21(20)27-28-23)24(31)25-19-8-2-1-3-9-19/h1-12H,13-15H2,(H,25,31)(H2,26,27,28,30). The van der Waals surface area contributed by atoms with Crippen LogP contribution in [0.15, 0.2) is 72.8 Å². The van der Waals surface area contributed by atoms with Crippen molar-refractivity contribution in [1.29, 1.82) is 0 Å². The molecule has 2 heterocycles. The van der Waals surface area contributed by atoms with Crippen LogP contribution in [0.4, 0.5) is 16.3 Å². The highest BCUT2D eigenvalue weighted by Crippen LogP contribution is 2.28. The Hall–Kier alpha value is -4.13. The zero-order chi connectivity index (χ0) is 21.2. The Balaban J connectivity index is 1.23. The minimum atomic E-state index is -0.191. The van der Waals surface area contributed by atoms with E-state index >= 15 is 0 Å². The van der Waals surface area contributed by atoms with Crippen molar-refractivity contribution in [2.45, 2.75) is 19.5 Å². The number of carbonyl (C=O) groups is 2. The number of benzene rings is 3. The van der Waals surface area contributed by atoms with Gasteiger partial charge in [-0.25, -0.2) is 4.79 Å². The average molecular weight is 411 g/mol. The second-order valence-corrected chi connectivity index (χ2v) is 7.59. The van der Waals surface area contributed by atoms with E-state index in [2.05, 4.69) is 20.8 Å². The molecule has 0 saturated carbocycles. The number of aromatic amines is 1. The van der Waals surface area contributed by atoms with E-state index in [1.807, 2.05) is 72.8 Å². The maximum atomic E-state index is 12.6. The summed E-state index contributed by atoms with van der Waals surface area (Å²) < 4.78 is 0. The number of nitrogens with one attached hydrogen (secondary N) is 3. The van der Waals surface area contributed by atoms with Crippen molar-refractivity contribution in [3.63, 3.8) is 0 Å². The summed E-state index contributed by atoms with van der Waals surface area (Å²) in [6.07, 6.45) is 0.255. The SMILES string of the molecule is O=C(Cc1ccc2ccccc2c1)Nc1n[nH]c2c1CN(C(=O)Nc1ccccc1)C2. The zero-order valence-electron chi connectivity index (χ0n) is 16.8. The fraction of sp³-hybridized carbons (Fsp3) is 0.125. The predicted octanol–water partition coefficient (Wildman–Crippen LogP) is 4.29. The number of hydrogen-bond acceptors (Lipinski definition) is 3. The molecule has 7 heteroatoms. The molecule has 0 atom stereocenters. The first-order valence-corrected chi connectivity index (χ1v) is 10.1. The van der Waals surface area contributed by atoms with E-state index in [1.165, 1.54) is 0 Å². The molecule has 0 spiro atoms. The van der Waals surface area contributed by atoms with Crippen LogP contribution in [0.3, 0.4) is 0 Å². The van der Waals surface area contributed by atoms with E-state index in [-0.39, 0.29) is 18.4 Å². The normalized spacial score (nSPS) is 12.6. The van der Waals surface area contributed by atoms with Crippen molar-refractivity contribution in [2.24, 2.45) is 0 Å². The highest BCUT2D eigenvalue weighted by Gasteiger charge is 2.29. The molecular weight excluding hydrogens is 390 g/mol. The minimum absolute atomic E-state index is 0.142. The van der Waals surface area contributed by atoms with Crippen LogP contribution < -0.4 is 10.6 Å². The second-order valence-electron chi connectivity index (χ2n) is 7.59. The Morgan fingerprint density at radius 2 is 1.68 bits per heavy atom. The number of aromatic nitrogens is 2. The number of carbonyl (C=O) groups excluding carboxylic acids is 2.